The normalized spacial score (nSPS) is 19.7. The minimum Gasteiger partial charge on any atom is -0.380 e. The van der Waals surface area contributed by atoms with Crippen LogP contribution in [-0.4, -0.2) is 65.2 Å². The van der Waals surface area contributed by atoms with Gasteiger partial charge in [0.1, 0.15) is 5.52 Å². The van der Waals surface area contributed by atoms with Crippen LogP contribution in [-0.2, 0) is 0 Å². The van der Waals surface area contributed by atoms with Crippen molar-refractivity contribution >= 4 is 11.4 Å². The van der Waals surface area contributed by atoms with E-state index in [1.807, 2.05) is 0 Å². The fourth-order valence-electron chi connectivity index (χ4n) is 4.55. The minimum absolute atomic E-state index is 0.134. The maximum atomic E-state index is 12.9. The first kappa shape index (κ1) is 18.9. The van der Waals surface area contributed by atoms with E-state index in [4.69, 9.17) is 0 Å². The maximum absolute atomic E-state index is 12.9. The second-order valence-corrected chi connectivity index (χ2v) is 8.22. The molecular weight excluding hydrogens is 405 g/mol. The highest BCUT2D eigenvalue weighted by atomic mass is 19.4. The lowest BCUT2D eigenvalue weighted by Crippen LogP contribution is -2.72. The van der Waals surface area contributed by atoms with Crippen LogP contribution in [0.5, 0.6) is 0 Å². The van der Waals surface area contributed by atoms with E-state index in [9.17, 15) is 27.9 Å². The molecule has 158 valence electrons. The summed E-state index contributed by atoms with van der Waals surface area (Å²) in [5, 5.41) is 18.1. The first-order valence-electron chi connectivity index (χ1n) is 9.23. The highest BCUT2D eigenvalue weighted by molar-refractivity contribution is 5.95. The Bertz CT molecular complexity index is 1230. The van der Waals surface area contributed by atoms with E-state index in [-0.39, 0.29) is 36.1 Å². The highest BCUT2D eigenvalue weighted by Gasteiger charge is 2.70. The summed E-state index contributed by atoms with van der Waals surface area (Å²) < 4.78 is 41.3. The SMILES string of the molecule is Cc1c(C(=O)N2CC3(C2)CC(O)(C(F)(F)F)C3)cnn1-c1nn2cccc2c(=O)[nH]1. The number of halogens is 3. The third kappa shape index (κ3) is 2.52. The number of amides is 1. The van der Waals surface area contributed by atoms with Crippen molar-refractivity contribution in [3.63, 3.8) is 0 Å². The third-order valence-electron chi connectivity index (χ3n) is 6.03. The van der Waals surface area contributed by atoms with Gasteiger partial charge in [0.25, 0.3) is 11.5 Å². The first-order chi connectivity index (χ1) is 14.0. The van der Waals surface area contributed by atoms with Crippen LogP contribution in [0.4, 0.5) is 13.2 Å². The molecule has 1 saturated heterocycles. The molecule has 4 heterocycles. The molecule has 5 rings (SSSR count). The predicted molar refractivity (Wildman–Crippen MR) is 96.2 cm³/mol. The number of carbonyl (C=O) groups excluding carboxylic acids is 1. The van der Waals surface area contributed by atoms with Gasteiger partial charge in [-0.1, -0.05) is 0 Å². The topological polar surface area (TPSA) is 109 Å². The average molecular weight is 422 g/mol. The van der Waals surface area contributed by atoms with E-state index in [0.29, 0.717) is 11.2 Å². The van der Waals surface area contributed by atoms with Gasteiger partial charge in [-0.05, 0) is 31.9 Å². The Morgan fingerprint density at radius 3 is 2.67 bits per heavy atom. The monoisotopic (exact) mass is 422 g/mol. The van der Waals surface area contributed by atoms with Gasteiger partial charge in [0.05, 0.1) is 17.5 Å². The van der Waals surface area contributed by atoms with Crippen molar-refractivity contribution in [3.05, 3.63) is 46.1 Å². The van der Waals surface area contributed by atoms with E-state index < -0.39 is 30.0 Å². The number of alkyl halides is 3. The summed E-state index contributed by atoms with van der Waals surface area (Å²) in [7, 11) is 0. The van der Waals surface area contributed by atoms with Gasteiger partial charge in [0, 0.05) is 24.7 Å². The molecule has 3 aromatic rings. The van der Waals surface area contributed by atoms with Crippen molar-refractivity contribution in [2.24, 2.45) is 5.41 Å². The molecule has 12 heteroatoms. The van der Waals surface area contributed by atoms with Crippen LogP contribution in [0.25, 0.3) is 11.5 Å². The van der Waals surface area contributed by atoms with Crippen molar-refractivity contribution in [2.45, 2.75) is 31.5 Å². The van der Waals surface area contributed by atoms with Crippen LogP contribution < -0.4 is 5.56 Å². The number of nitrogens with one attached hydrogen (secondary N) is 1. The van der Waals surface area contributed by atoms with E-state index in [0.717, 1.165) is 0 Å². The number of likely N-dealkylation sites (tertiary alicyclic amines) is 1. The Balaban J connectivity index is 1.34. The molecule has 1 aliphatic heterocycles. The Labute approximate surface area is 166 Å². The molecular formula is C18H17F3N6O3. The van der Waals surface area contributed by atoms with Crippen LogP contribution in [0.1, 0.15) is 28.9 Å². The van der Waals surface area contributed by atoms with Crippen molar-refractivity contribution in [2.75, 3.05) is 13.1 Å². The molecule has 1 spiro atoms. The molecule has 9 nitrogen and oxygen atoms in total. The van der Waals surface area contributed by atoms with Gasteiger partial charge in [-0.2, -0.15) is 18.3 Å². The summed E-state index contributed by atoms with van der Waals surface area (Å²) in [6.07, 6.45) is -2.50. The smallest absolute Gasteiger partial charge is 0.380 e. The predicted octanol–water partition coefficient (Wildman–Crippen LogP) is 1.05. The van der Waals surface area contributed by atoms with E-state index >= 15 is 0 Å². The lowest BCUT2D eigenvalue weighted by molar-refractivity contribution is -0.329. The van der Waals surface area contributed by atoms with E-state index in [1.165, 1.54) is 20.3 Å². The summed E-state index contributed by atoms with van der Waals surface area (Å²) in [6.45, 7) is 1.94. The van der Waals surface area contributed by atoms with Gasteiger partial charge in [-0.25, -0.2) is 9.20 Å². The number of carbonyl (C=O) groups is 1. The Morgan fingerprint density at radius 2 is 2.00 bits per heavy atom. The fraction of sp³-hybridized carbons (Fsp3) is 0.444. The van der Waals surface area contributed by atoms with Gasteiger partial charge >= 0.3 is 6.18 Å². The number of aromatic amines is 1. The van der Waals surface area contributed by atoms with Crippen LogP contribution in [0, 0.1) is 12.3 Å². The molecule has 0 aromatic carbocycles. The molecule has 2 N–H and O–H groups in total. The van der Waals surface area contributed by atoms with Gasteiger partial charge in [0.15, 0.2) is 5.60 Å². The molecule has 0 atom stereocenters. The quantitative estimate of drug-likeness (QED) is 0.642. The highest BCUT2D eigenvalue weighted by Crippen LogP contribution is 2.59. The molecule has 0 radical (unpaired) electrons. The molecule has 1 saturated carbocycles. The molecule has 0 bridgehead atoms. The van der Waals surface area contributed by atoms with Crippen LogP contribution in [0.3, 0.4) is 0 Å². The molecule has 0 unspecified atom stereocenters. The molecule has 1 amide bonds. The van der Waals surface area contributed by atoms with E-state index in [1.54, 1.807) is 25.3 Å². The standard InChI is InChI=1S/C18H17F3N6O3/c1-10-11(5-22-27(10)15-23-13(28)12-3-2-4-26(12)24-15)14(29)25-8-16(9-25)6-17(30,7-16)18(19,20)21/h2-5,30H,6-9H2,1H3,(H,23,24,28). The number of fused-ring (bicyclic) bond motifs is 1. The van der Waals surface area contributed by atoms with Crippen molar-refractivity contribution in [1.29, 1.82) is 0 Å². The second kappa shape index (κ2) is 5.72. The van der Waals surface area contributed by atoms with E-state index in [2.05, 4.69) is 15.2 Å². The zero-order valence-electron chi connectivity index (χ0n) is 15.8. The number of hydrogen-bond acceptors (Lipinski definition) is 5. The van der Waals surface area contributed by atoms with Gasteiger partial charge < -0.3 is 10.0 Å². The summed E-state index contributed by atoms with van der Waals surface area (Å²) in [6, 6.07) is 3.28. The molecule has 2 fully saturated rings. The average Bonchev–Trinajstić information content (AvgIpc) is 3.21. The first-order valence-corrected chi connectivity index (χ1v) is 9.23. The summed E-state index contributed by atoms with van der Waals surface area (Å²) >= 11 is 0. The largest absolute Gasteiger partial charge is 0.417 e. The lowest BCUT2D eigenvalue weighted by Gasteiger charge is -2.62. The summed E-state index contributed by atoms with van der Waals surface area (Å²) in [5.41, 5.74) is -2.63. The van der Waals surface area contributed by atoms with Gasteiger partial charge in [-0.15, -0.1) is 5.10 Å². The van der Waals surface area contributed by atoms with Crippen molar-refractivity contribution in [1.82, 2.24) is 29.3 Å². The van der Waals surface area contributed by atoms with Crippen molar-refractivity contribution in [3.8, 4) is 5.95 Å². The minimum atomic E-state index is -4.66. The number of hydrogen-bond donors (Lipinski definition) is 2. The second-order valence-electron chi connectivity index (χ2n) is 8.22. The lowest BCUT2D eigenvalue weighted by atomic mass is 9.55. The number of H-pyrrole nitrogens is 1. The van der Waals surface area contributed by atoms with Crippen LogP contribution in [0.15, 0.2) is 29.3 Å². The summed E-state index contributed by atoms with van der Waals surface area (Å²) in [4.78, 5) is 29.0. The fourth-order valence-corrected chi connectivity index (χ4v) is 4.55. The summed E-state index contributed by atoms with van der Waals surface area (Å²) in [5.74, 6) is -0.231. The zero-order chi connectivity index (χ0) is 21.5. The van der Waals surface area contributed by atoms with Gasteiger partial charge in [0.2, 0.25) is 5.95 Å². The molecule has 3 aromatic heterocycles. The zero-order valence-corrected chi connectivity index (χ0v) is 15.8. The number of nitrogens with zero attached hydrogens (tertiary/aromatic N) is 5. The Hall–Kier alpha value is -3.15. The third-order valence-corrected chi connectivity index (χ3v) is 6.03. The number of aromatic nitrogens is 5. The van der Waals surface area contributed by atoms with Crippen LogP contribution >= 0.6 is 0 Å². The molecule has 30 heavy (non-hydrogen) atoms. The van der Waals surface area contributed by atoms with Gasteiger partial charge in [-0.3, -0.25) is 14.6 Å². The molecule has 1 aliphatic carbocycles. The van der Waals surface area contributed by atoms with Crippen molar-refractivity contribution < 1.29 is 23.1 Å². The number of aliphatic hydroxyl groups is 1. The maximum Gasteiger partial charge on any atom is 0.417 e. The van der Waals surface area contributed by atoms with Crippen LogP contribution in [0.2, 0.25) is 0 Å². The number of rotatable bonds is 2. The molecule has 2 aliphatic rings. The Kier molecular flexibility index (Phi) is 3.59. The Morgan fingerprint density at radius 1 is 1.30 bits per heavy atom.